The molecule has 0 N–H and O–H groups in total. The van der Waals surface area contributed by atoms with Crippen LogP contribution in [0, 0.1) is 0 Å². The van der Waals surface area contributed by atoms with E-state index < -0.39 is 5.97 Å². The van der Waals surface area contributed by atoms with Crippen molar-refractivity contribution in [1.29, 1.82) is 0 Å². The second kappa shape index (κ2) is 3.72. The van der Waals surface area contributed by atoms with E-state index in [0.29, 0.717) is 37.5 Å². The van der Waals surface area contributed by atoms with Gasteiger partial charge in [-0.2, -0.15) is 5.10 Å². The number of carbonyl (C=O) groups is 2. The van der Waals surface area contributed by atoms with Gasteiger partial charge in [-0.05, 0) is 6.92 Å². The molecule has 15 heavy (non-hydrogen) atoms. The van der Waals surface area contributed by atoms with Gasteiger partial charge in [0, 0.05) is 6.54 Å². The van der Waals surface area contributed by atoms with Crippen LogP contribution in [-0.4, -0.2) is 35.3 Å². The Labute approximate surface area is 86.4 Å². The molecule has 6 nitrogen and oxygen atoms in total. The van der Waals surface area contributed by atoms with Crippen LogP contribution in [0.15, 0.2) is 6.20 Å². The van der Waals surface area contributed by atoms with Crippen molar-refractivity contribution >= 4 is 18.2 Å². The van der Waals surface area contributed by atoms with Gasteiger partial charge in [-0.3, -0.25) is 9.69 Å². The molecule has 1 aromatic heterocycles. The van der Waals surface area contributed by atoms with Gasteiger partial charge in [0.25, 0.3) is 0 Å². The topological polar surface area (TPSA) is 64.4 Å². The molecule has 0 aromatic carbocycles. The first-order chi connectivity index (χ1) is 7.27. The molecule has 0 bridgehead atoms. The van der Waals surface area contributed by atoms with Crippen molar-refractivity contribution in [3.63, 3.8) is 0 Å². The van der Waals surface area contributed by atoms with Crippen LogP contribution in [0.3, 0.4) is 0 Å². The molecule has 0 atom stereocenters. The number of carbonyl (C=O) groups excluding carboxylic acids is 2. The monoisotopic (exact) mass is 209 g/mol. The fourth-order valence-electron chi connectivity index (χ4n) is 1.61. The van der Waals surface area contributed by atoms with Gasteiger partial charge in [-0.1, -0.05) is 0 Å². The van der Waals surface area contributed by atoms with E-state index in [2.05, 4.69) is 5.10 Å². The zero-order chi connectivity index (χ0) is 10.8. The first-order valence-electron chi connectivity index (χ1n) is 4.72. The third-order valence-electron chi connectivity index (χ3n) is 2.26. The van der Waals surface area contributed by atoms with Crippen molar-refractivity contribution in [2.24, 2.45) is 0 Å². The number of amides is 1. The van der Waals surface area contributed by atoms with E-state index in [4.69, 9.17) is 4.74 Å². The molecule has 2 heterocycles. The highest BCUT2D eigenvalue weighted by Crippen LogP contribution is 2.24. The second-order valence-corrected chi connectivity index (χ2v) is 3.12. The molecule has 1 aromatic rings. The normalized spacial score (nSPS) is 13.8. The number of nitrogens with zero attached hydrogens (tertiary/aromatic N) is 3. The summed E-state index contributed by atoms with van der Waals surface area (Å²) in [4.78, 5) is 23.7. The lowest BCUT2D eigenvalue weighted by Crippen LogP contribution is -2.20. The molecule has 6 heteroatoms. The molecule has 1 amide bonds. The van der Waals surface area contributed by atoms with Gasteiger partial charge in [0.2, 0.25) is 6.41 Å². The fourth-order valence-corrected chi connectivity index (χ4v) is 1.61. The zero-order valence-electron chi connectivity index (χ0n) is 8.34. The molecule has 1 aliphatic rings. The Kier molecular flexibility index (Phi) is 2.40. The van der Waals surface area contributed by atoms with Gasteiger partial charge < -0.3 is 4.74 Å². The third-order valence-corrected chi connectivity index (χ3v) is 2.26. The summed E-state index contributed by atoms with van der Waals surface area (Å²) in [5.74, 6) is 0.0935. The fraction of sp³-hybridized carbons (Fsp3) is 0.444. The van der Waals surface area contributed by atoms with Crippen molar-refractivity contribution in [1.82, 2.24) is 9.78 Å². The summed E-state index contributed by atoms with van der Waals surface area (Å²) in [6.45, 7) is 3.22. The molecule has 80 valence electrons. The summed E-state index contributed by atoms with van der Waals surface area (Å²) in [6, 6.07) is 0. The SMILES string of the molecule is CCOC(=O)c1cnn2c1N(C=O)CC2. The van der Waals surface area contributed by atoms with Gasteiger partial charge in [0.15, 0.2) is 0 Å². The van der Waals surface area contributed by atoms with Crippen molar-refractivity contribution in [3.05, 3.63) is 11.8 Å². The lowest BCUT2D eigenvalue weighted by molar-refractivity contribution is -0.107. The smallest absolute Gasteiger partial charge is 0.343 e. The van der Waals surface area contributed by atoms with Crippen LogP contribution in [0.1, 0.15) is 17.3 Å². The van der Waals surface area contributed by atoms with E-state index >= 15 is 0 Å². The molecule has 1 aliphatic heterocycles. The van der Waals surface area contributed by atoms with E-state index in [0.717, 1.165) is 0 Å². The van der Waals surface area contributed by atoms with E-state index in [9.17, 15) is 9.59 Å². The molecule has 0 fully saturated rings. The predicted octanol–water partition coefficient (Wildman–Crippen LogP) is 0.0362. The molecule has 0 aliphatic carbocycles. The van der Waals surface area contributed by atoms with E-state index in [1.807, 2.05) is 0 Å². The van der Waals surface area contributed by atoms with Crippen molar-refractivity contribution in [2.75, 3.05) is 18.1 Å². The number of rotatable bonds is 3. The highest BCUT2D eigenvalue weighted by Gasteiger charge is 2.27. The molecule has 0 saturated heterocycles. The first kappa shape index (κ1) is 9.70. The Morgan fingerprint density at radius 3 is 3.13 bits per heavy atom. The van der Waals surface area contributed by atoms with Crippen LogP contribution in [0.25, 0.3) is 0 Å². The number of anilines is 1. The minimum atomic E-state index is -0.437. The number of fused-ring (bicyclic) bond motifs is 1. The van der Waals surface area contributed by atoms with E-state index in [1.165, 1.54) is 11.1 Å². The summed E-state index contributed by atoms with van der Waals surface area (Å²) >= 11 is 0. The van der Waals surface area contributed by atoms with Gasteiger partial charge in [0.05, 0.1) is 19.3 Å². The average molecular weight is 209 g/mol. The van der Waals surface area contributed by atoms with Crippen LogP contribution in [-0.2, 0) is 16.1 Å². The van der Waals surface area contributed by atoms with Crippen molar-refractivity contribution < 1.29 is 14.3 Å². The van der Waals surface area contributed by atoms with Crippen LogP contribution in [0.5, 0.6) is 0 Å². The summed E-state index contributed by atoms with van der Waals surface area (Å²) in [6.07, 6.45) is 2.13. The lowest BCUT2D eigenvalue weighted by atomic mass is 10.3. The van der Waals surface area contributed by atoms with Crippen molar-refractivity contribution in [2.45, 2.75) is 13.5 Å². The number of esters is 1. The highest BCUT2D eigenvalue weighted by atomic mass is 16.5. The first-order valence-corrected chi connectivity index (χ1v) is 4.72. The molecule has 0 radical (unpaired) electrons. The number of hydrogen-bond donors (Lipinski definition) is 0. The Bertz CT molecular complexity index is 399. The average Bonchev–Trinajstić information content (AvgIpc) is 2.77. The number of aromatic nitrogens is 2. The molecular formula is C9H11N3O3. The van der Waals surface area contributed by atoms with Gasteiger partial charge in [0.1, 0.15) is 11.4 Å². The van der Waals surface area contributed by atoms with Gasteiger partial charge in [-0.25, -0.2) is 9.48 Å². The molecule has 0 spiro atoms. The minimum Gasteiger partial charge on any atom is -0.462 e. The maximum absolute atomic E-state index is 11.5. The third kappa shape index (κ3) is 1.47. The Morgan fingerprint density at radius 1 is 1.67 bits per heavy atom. The minimum absolute atomic E-state index is 0.310. The van der Waals surface area contributed by atoms with Crippen LogP contribution in [0.4, 0.5) is 5.82 Å². The zero-order valence-corrected chi connectivity index (χ0v) is 8.34. The standard InChI is InChI=1S/C9H11N3O3/c1-2-15-9(14)7-5-10-12-4-3-11(6-13)8(7)12/h5-6H,2-4H2,1H3. The lowest BCUT2D eigenvalue weighted by Gasteiger charge is -2.08. The Hall–Kier alpha value is -1.85. The second-order valence-electron chi connectivity index (χ2n) is 3.12. The Morgan fingerprint density at radius 2 is 2.47 bits per heavy atom. The maximum Gasteiger partial charge on any atom is 0.343 e. The van der Waals surface area contributed by atoms with Crippen molar-refractivity contribution in [3.8, 4) is 0 Å². The molecule has 0 saturated carbocycles. The molecule has 2 rings (SSSR count). The number of hydrogen-bond acceptors (Lipinski definition) is 4. The van der Waals surface area contributed by atoms with Crippen LogP contribution >= 0.6 is 0 Å². The summed E-state index contributed by atoms with van der Waals surface area (Å²) in [5.41, 5.74) is 0.349. The Balaban J connectivity index is 2.34. The van der Waals surface area contributed by atoms with E-state index in [1.54, 1.807) is 11.6 Å². The summed E-state index contributed by atoms with van der Waals surface area (Å²) in [5, 5.41) is 4.01. The number of ether oxygens (including phenoxy) is 1. The maximum atomic E-state index is 11.5. The quantitative estimate of drug-likeness (QED) is 0.520. The molecule has 0 unspecified atom stereocenters. The predicted molar refractivity (Wildman–Crippen MR) is 51.6 cm³/mol. The van der Waals surface area contributed by atoms with Gasteiger partial charge >= 0.3 is 5.97 Å². The molecular weight excluding hydrogens is 198 g/mol. The summed E-state index contributed by atoms with van der Waals surface area (Å²) in [7, 11) is 0. The van der Waals surface area contributed by atoms with Crippen LogP contribution in [0.2, 0.25) is 0 Å². The van der Waals surface area contributed by atoms with Crippen LogP contribution < -0.4 is 4.90 Å². The van der Waals surface area contributed by atoms with E-state index in [-0.39, 0.29) is 0 Å². The van der Waals surface area contributed by atoms with Gasteiger partial charge in [-0.15, -0.1) is 0 Å². The highest BCUT2D eigenvalue weighted by molar-refractivity contribution is 5.97. The largest absolute Gasteiger partial charge is 0.462 e. The summed E-state index contributed by atoms with van der Waals surface area (Å²) < 4.78 is 6.50.